The van der Waals surface area contributed by atoms with Crippen molar-refractivity contribution in [2.24, 2.45) is 0 Å². The Morgan fingerprint density at radius 2 is 2.24 bits per heavy atom. The van der Waals surface area contributed by atoms with Gasteiger partial charge in [0.25, 0.3) is 5.91 Å². The average molecular weight is 240 g/mol. The van der Waals surface area contributed by atoms with Crippen LogP contribution in [-0.4, -0.2) is 28.0 Å². The van der Waals surface area contributed by atoms with E-state index in [1.807, 2.05) is 6.92 Å². The summed E-state index contributed by atoms with van der Waals surface area (Å²) >= 11 is 0. The predicted octanol–water partition coefficient (Wildman–Crippen LogP) is 1.20. The summed E-state index contributed by atoms with van der Waals surface area (Å²) in [4.78, 5) is 26.0. The van der Waals surface area contributed by atoms with E-state index in [2.05, 4.69) is 10.3 Å². The summed E-state index contributed by atoms with van der Waals surface area (Å²) in [6.07, 6.45) is 1.88. The Morgan fingerprint density at radius 3 is 2.71 bits per heavy atom. The number of carbonyl (C=O) groups excluding carboxylic acids is 1. The lowest BCUT2D eigenvalue weighted by Crippen LogP contribution is -2.40. The minimum absolute atomic E-state index is 0.00578. The van der Waals surface area contributed by atoms with Crippen molar-refractivity contribution in [3.63, 3.8) is 0 Å². The minimum Gasteiger partial charge on any atom is -0.480 e. The maximum Gasteiger partial charge on any atom is 0.326 e. The fraction of sp³-hybridized carbons (Fsp3) is 0.364. The molecule has 0 unspecified atom stereocenters. The van der Waals surface area contributed by atoms with E-state index < -0.39 is 23.7 Å². The highest BCUT2D eigenvalue weighted by molar-refractivity contribution is 5.94. The molecule has 1 aromatic rings. The Hall–Kier alpha value is -1.98. The topological polar surface area (TPSA) is 79.3 Å². The van der Waals surface area contributed by atoms with Crippen molar-refractivity contribution >= 4 is 11.9 Å². The van der Waals surface area contributed by atoms with Gasteiger partial charge in [-0.05, 0) is 18.6 Å². The van der Waals surface area contributed by atoms with Gasteiger partial charge in [0.1, 0.15) is 17.6 Å². The molecular weight excluding hydrogens is 227 g/mol. The SMILES string of the molecule is CCC[C@H](NC(=O)c1ccc(F)cn1)C(=O)O. The highest BCUT2D eigenvalue weighted by atomic mass is 19.1. The van der Waals surface area contributed by atoms with Gasteiger partial charge in [-0.25, -0.2) is 14.2 Å². The summed E-state index contributed by atoms with van der Waals surface area (Å²) in [6, 6.07) is 1.35. The van der Waals surface area contributed by atoms with E-state index in [0.29, 0.717) is 12.8 Å². The second kappa shape index (κ2) is 5.93. The molecule has 0 fully saturated rings. The van der Waals surface area contributed by atoms with Crippen molar-refractivity contribution in [3.05, 3.63) is 29.8 Å². The summed E-state index contributed by atoms with van der Waals surface area (Å²) in [7, 11) is 0. The molecule has 0 saturated carbocycles. The summed E-state index contributed by atoms with van der Waals surface area (Å²) in [6.45, 7) is 1.82. The van der Waals surface area contributed by atoms with E-state index in [4.69, 9.17) is 5.11 Å². The molecular formula is C11H13FN2O3. The molecule has 2 N–H and O–H groups in total. The van der Waals surface area contributed by atoms with Gasteiger partial charge in [-0.1, -0.05) is 13.3 Å². The molecule has 5 nitrogen and oxygen atoms in total. The molecule has 0 bridgehead atoms. The van der Waals surface area contributed by atoms with Crippen molar-refractivity contribution in [1.29, 1.82) is 0 Å². The van der Waals surface area contributed by atoms with E-state index in [1.165, 1.54) is 6.07 Å². The molecule has 0 spiro atoms. The molecule has 1 heterocycles. The Kier molecular flexibility index (Phi) is 4.56. The molecule has 1 rings (SSSR count). The minimum atomic E-state index is -1.10. The molecule has 0 aliphatic carbocycles. The van der Waals surface area contributed by atoms with E-state index in [0.717, 1.165) is 12.3 Å². The van der Waals surface area contributed by atoms with Gasteiger partial charge in [0.05, 0.1) is 6.20 Å². The van der Waals surface area contributed by atoms with Crippen LogP contribution in [-0.2, 0) is 4.79 Å². The van der Waals surface area contributed by atoms with Crippen LogP contribution in [0.5, 0.6) is 0 Å². The fourth-order valence-corrected chi connectivity index (χ4v) is 1.29. The largest absolute Gasteiger partial charge is 0.480 e. The van der Waals surface area contributed by atoms with Gasteiger partial charge in [-0.2, -0.15) is 0 Å². The van der Waals surface area contributed by atoms with Crippen LogP contribution in [0.2, 0.25) is 0 Å². The second-order valence-electron chi connectivity index (χ2n) is 3.51. The van der Waals surface area contributed by atoms with Gasteiger partial charge >= 0.3 is 5.97 Å². The predicted molar refractivity (Wildman–Crippen MR) is 58.0 cm³/mol. The molecule has 0 saturated heterocycles. The number of amides is 1. The number of carbonyl (C=O) groups is 2. The maximum atomic E-state index is 12.6. The van der Waals surface area contributed by atoms with Gasteiger partial charge in [0.2, 0.25) is 0 Å². The summed E-state index contributed by atoms with van der Waals surface area (Å²) in [5.41, 5.74) is -0.00578. The number of aromatic nitrogens is 1. The van der Waals surface area contributed by atoms with Crippen molar-refractivity contribution in [1.82, 2.24) is 10.3 Å². The number of nitrogens with zero attached hydrogens (tertiary/aromatic N) is 1. The Bertz CT molecular complexity index is 406. The third-order valence-corrected chi connectivity index (χ3v) is 2.14. The molecule has 1 amide bonds. The number of pyridine rings is 1. The Morgan fingerprint density at radius 1 is 1.53 bits per heavy atom. The molecule has 0 aliphatic rings. The summed E-state index contributed by atoms with van der Waals surface area (Å²) in [5, 5.41) is 11.2. The lowest BCUT2D eigenvalue weighted by Gasteiger charge is -2.12. The normalized spacial score (nSPS) is 11.9. The first-order valence-electron chi connectivity index (χ1n) is 5.19. The van der Waals surface area contributed by atoms with E-state index in [1.54, 1.807) is 0 Å². The Balaban J connectivity index is 2.70. The highest BCUT2D eigenvalue weighted by Gasteiger charge is 2.20. The van der Waals surface area contributed by atoms with Crippen molar-refractivity contribution in [2.75, 3.05) is 0 Å². The lowest BCUT2D eigenvalue weighted by molar-refractivity contribution is -0.139. The zero-order chi connectivity index (χ0) is 12.8. The smallest absolute Gasteiger partial charge is 0.326 e. The van der Waals surface area contributed by atoms with Gasteiger partial charge in [-0.15, -0.1) is 0 Å². The van der Waals surface area contributed by atoms with Crippen LogP contribution < -0.4 is 5.32 Å². The number of carboxylic acid groups (broad SMARTS) is 1. The molecule has 1 aromatic heterocycles. The Labute approximate surface area is 97.7 Å². The molecule has 17 heavy (non-hydrogen) atoms. The molecule has 0 aromatic carbocycles. The quantitative estimate of drug-likeness (QED) is 0.810. The second-order valence-corrected chi connectivity index (χ2v) is 3.51. The van der Waals surface area contributed by atoms with Crippen LogP contribution in [0.15, 0.2) is 18.3 Å². The van der Waals surface area contributed by atoms with Crippen molar-refractivity contribution < 1.29 is 19.1 Å². The number of rotatable bonds is 5. The number of halogens is 1. The maximum absolute atomic E-state index is 12.6. The number of carboxylic acids is 1. The zero-order valence-electron chi connectivity index (χ0n) is 9.31. The van der Waals surface area contributed by atoms with Gasteiger partial charge < -0.3 is 10.4 Å². The number of nitrogens with one attached hydrogen (secondary N) is 1. The fourth-order valence-electron chi connectivity index (χ4n) is 1.29. The van der Waals surface area contributed by atoms with Crippen molar-refractivity contribution in [2.45, 2.75) is 25.8 Å². The van der Waals surface area contributed by atoms with Crippen LogP contribution in [0.3, 0.4) is 0 Å². The standard InChI is InChI=1S/C11H13FN2O3/c1-2-3-9(11(16)17)14-10(15)8-5-4-7(12)6-13-8/h4-6,9H,2-3H2,1H3,(H,14,15)(H,16,17)/t9-/m0/s1. The van der Waals surface area contributed by atoms with Crippen LogP contribution in [0, 0.1) is 5.82 Å². The van der Waals surface area contributed by atoms with Crippen LogP contribution in [0.1, 0.15) is 30.3 Å². The molecule has 92 valence electrons. The first-order valence-corrected chi connectivity index (χ1v) is 5.19. The van der Waals surface area contributed by atoms with Crippen LogP contribution >= 0.6 is 0 Å². The summed E-state index contributed by atoms with van der Waals surface area (Å²) in [5.74, 6) is -2.27. The molecule has 1 atom stereocenters. The highest BCUT2D eigenvalue weighted by Crippen LogP contribution is 2.01. The first kappa shape index (κ1) is 13.1. The van der Waals surface area contributed by atoms with E-state index in [9.17, 15) is 14.0 Å². The number of aliphatic carboxylic acids is 1. The first-order chi connectivity index (χ1) is 8.04. The van der Waals surface area contributed by atoms with Gasteiger partial charge in [0, 0.05) is 0 Å². The summed E-state index contributed by atoms with van der Waals surface area (Å²) < 4.78 is 12.6. The average Bonchev–Trinajstić information content (AvgIpc) is 2.29. The zero-order valence-corrected chi connectivity index (χ0v) is 9.31. The molecule has 0 radical (unpaired) electrons. The van der Waals surface area contributed by atoms with Gasteiger partial charge in [-0.3, -0.25) is 4.79 Å². The third-order valence-electron chi connectivity index (χ3n) is 2.14. The third kappa shape index (κ3) is 3.82. The van der Waals surface area contributed by atoms with Crippen molar-refractivity contribution in [3.8, 4) is 0 Å². The van der Waals surface area contributed by atoms with Crippen LogP contribution in [0.4, 0.5) is 4.39 Å². The number of hydrogen-bond acceptors (Lipinski definition) is 3. The lowest BCUT2D eigenvalue weighted by atomic mass is 10.1. The van der Waals surface area contributed by atoms with Gasteiger partial charge in [0.15, 0.2) is 0 Å². The van der Waals surface area contributed by atoms with E-state index in [-0.39, 0.29) is 5.69 Å². The van der Waals surface area contributed by atoms with Crippen LogP contribution in [0.25, 0.3) is 0 Å². The molecule has 0 aliphatic heterocycles. The monoisotopic (exact) mass is 240 g/mol. The number of hydrogen-bond donors (Lipinski definition) is 2. The molecule has 6 heteroatoms. The van der Waals surface area contributed by atoms with E-state index >= 15 is 0 Å².